The van der Waals surface area contributed by atoms with E-state index in [4.69, 9.17) is 0 Å². The van der Waals surface area contributed by atoms with Crippen LogP contribution in [0, 0.1) is 0 Å². The summed E-state index contributed by atoms with van der Waals surface area (Å²) in [6.45, 7) is 5.50. The lowest BCUT2D eigenvalue weighted by molar-refractivity contribution is 0.246. The van der Waals surface area contributed by atoms with Crippen molar-refractivity contribution in [2.24, 2.45) is 20.0 Å². The highest BCUT2D eigenvalue weighted by Crippen LogP contribution is 2.26. The summed E-state index contributed by atoms with van der Waals surface area (Å²) in [5, 5.41) is 9.45. The van der Waals surface area contributed by atoms with Crippen molar-refractivity contribution in [2.45, 2.75) is 32.9 Å². The van der Waals surface area contributed by atoms with E-state index in [0.29, 0.717) is 11.5 Å². The van der Waals surface area contributed by atoms with Crippen LogP contribution >= 0.6 is 0 Å². The second-order valence-corrected chi connectivity index (χ2v) is 3.67. The fourth-order valence-corrected chi connectivity index (χ4v) is 1.85. The third-order valence-corrected chi connectivity index (χ3v) is 2.49. The third kappa shape index (κ3) is 1.43. The molecule has 2 rings (SSSR count). The highest BCUT2D eigenvalue weighted by atomic mass is 16.3. The van der Waals surface area contributed by atoms with Crippen molar-refractivity contribution in [3.63, 3.8) is 0 Å². The van der Waals surface area contributed by atoms with Gasteiger partial charge in [-0.1, -0.05) is 6.92 Å². The molecule has 0 saturated carbocycles. The maximum absolute atomic E-state index is 9.45. The fraction of sp³-hybridized carbons (Fsp3) is 0.600. The molecular formula is C10H14N4O. The van der Waals surface area contributed by atoms with Crippen LogP contribution in [0.1, 0.15) is 27.2 Å². The molecule has 15 heavy (non-hydrogen) atoms. The van der Waals surface area contributed by atoms with Gasteiger partial charge in [0.15, 0.2) is 0 Å². The lowest BCUT2D eigenvalue weighted by atomic mass is 10.0. The first-order valence-electron chi connectivity index (χ1n) is 5.02. The molecule has 1 atom stereocenters. The van der Waals surface area contributed by atoms with Crippen molar-refractivity contribution in [2.75, 3.05) is 6.61 Å². The van der Waals surface area contributed by atoms with Gasteiger partial charge in [-0.25, -0.2) is 20.0 Å². The number of fused-ring (bicyclic) bond motifs is 1. The van der Waals surface area contributed by atoms with Crippen LogP contribution in [-0.2, 0) is 0 Å². The summed E-state index contributed by atoms with van der Waals surface area (Å²) < 4.78 is 0. The van der Waals surface area contributed by atoms with E-state index in [0.717, 1.165) is 18.0 Å². The van der Waals surface area contributed by atoms with Crippen molar-refractivity contribution in [3.05, 3.63) is 0 Å². The first kappa shape index (κ1) is 10.2. The molecule has 0 aromatic carbocycles. The van der Waals surface area contributed by atoms with Crippen LogP contribution in [0.5, 0.6) is 0 Å². The summed E-state index contributed by atoms with van der Waals surface area (Å²) in [6.07, 6.45) is 0.743. The highest BCUT2D eigenvalue weighted by molar-refractivity contribution is 6.49. The zero-order valence-electron chi connectivity index (χ0n) is 9.15. The zero-order chi connectivity index (χ0) is 11.1. The van der Waals surface area contributed by atoms with E-state index in [9.17, 15) is 5.11 Å². The number of nitrogens with zero attached hydrogens (tertiary/aromatic N) is 4. The number of rotatable bonds is 2. The van der Waals surface area contributed by atoms with Gasteiger partial charge in [-0.05, 0) is 13.8 Å². The molecule has 1 unspecified atom stereocenters. The van der Waals surface area contributed by atoms with Crippen molar-refractivity contribution in [1.29, 1.82) is 0 Å². The Hall–Kier alpha value is -1.36. The van der Waals surface area contributed by atoms with Gasteiger partial charge >= 0.3 is 0 Å². The van der Waals surface area contributed by atoms with Gasteiger partial charge in [0.25, 0.3) is 0 Å². The number of aliphatic hydroxyl groups excluding tert-OH is 1. The number of aliphatic imine (C=N–C) groups is 4. The minimum Gasteiger partial charge on any atom is -0.391 e. The van der Waals surface area contributed by atoms with Crippen molar-refractivity contribution in [1.82, 2.24) is 0 Å². The van der Waals surface area contributed by atoms with E-state index < -0.39 is 5.66 Å². The summed E-state index contributed by atoms with van der Waals surface area (Å²) in [4.78, 5) is 17.3. The van der Waals surface area contributed by atoms with Gasteiger partial charge in [0.2, 0.25) is 5.66 Å². The molecule has 0 fully saturated rings. The normalized spacial score (nSPS) is 29.1. The molecule has 2 heterocycles. The number of amidine groups is 2. The predicted molar refractivity (Wildman–Crippen MR) is 61.2 cm³/mol. The molecule has 2 aliphatic rings. The number of hydrogen-bond donors (Lipinski definition) is 1. The zero-order valence-corrected chi connectivity index (χ0v) is 9.15. The molecular weight excluding hydrogens is 192 g/mol. The molecule has 0 aromatic rings. The molecule has 1 N–H and O–H groups in total. The van der Waals surface area contributed by atoms with Crippen molar-refractivity contribution in [3.8, 4) is 0 Å². The van der Waals surface area contributed by atoms with Gasteiger partial charge in [-0.3, -0.25) is 0 Å². The van der Waals surface area contributed by atoms with Crippen LogP contribution in [0.2, 0.25) is 0 Å². The molecule has 0 amide bonds. The monoisotopic (exact) mass is 206 g/mol. The minimum atomic E-state index is -0.902. The van der Waals surface area contributed by atoms with E-state index in [1.54, 1.807) is 6.92 Å². The largest absolute Gasteiger partial charge is 0.391 e. The number of hydrogen-bond acceptors (Lipinski definition) is 5. The maximum Gasteiger partial charge on any atom is 0.220 e. The fourth-order valence-electron chi connectivity index (χ4n) is 1.85. The molecule has 0 aromatic heterocycles. The summed E-state index contributed by atoms with van der Waals surface area (Å²) in [6, 6.07) is 0. The smallest absolute Gasteiger partial charge is 0.220 e. The lowest BCUT2D eigenvalue weighted by Gasteiger charge is -2.24. The van der Waals surface area contributed by atoms with Gasteiger partial charge < -0.3 is 5.11 Å². The first-order valence-corrected chi connectivity index (χ1v) is 5.02. The Morgan fingerprint density at radius 1 is 1.20 bits per heavy atom. The second-order valence-electron chi connectivity index (χ2n) is 3.67. The Balaban J connectivity index is 2.54. The van der Waals surface area contributed by atoms with Crippen LogP contribution in [0.3, 0.4) is 0 Å². The van der Waals surface area contributed by atoms with E-state index in [2.05, 4.69) is 20.0 Å². The van der Waals surface area contributed by atoms with Gasteiger partial charge in [-0.15, -0.1) is 0 Å². The van der Waals surface area contributed by atoms with Gasteiger partial charge in [-0.2, -0.15) is 0 Å². The summed E-state index contributed by atoms with van der Waals surface area (Å²) >= 11 is 0. The van der Waals surface area contributed by atoms with E-state index >= 15 is 0 Å². The summed E-state index contributed by atoms with van der Waals surface area (Å²) in [5.41, 5.74) is 0.581. The molecule has 5 nitrogen and oxygen atoms in total. The van der Waals surface area contributed by atoms with Crippen LogP contribution < -0.4 is 0 Å². The van der Waals surface area contributed by atoms with Crippen molar-refractivity contribution >= 4 is 23.1 Å². The van der Waals surface area contributed by atoms with Gasteiger partial charge in [0.1, 0.15) is 17.4 Å². The molecule has 0 bridgehead atoms. The van der Waals surface area contributed by atoms with Crippen molar-refractivity contribution < 1.29 is 5.11 Å². The topological polar surface area (TPSA) is 69.7 Å². The Labute approximate surface area is 88.4 Å². The SMILES string of the molecule is CCC1=NC2(CO)N=C(C)N=C(C)C2=N1. The Morgan fingerprint density at radius 2 is 1.93 bits per heavy atom. The average molecular weight is 206 g/mol. The Kier molecular flexibility index (Phi) is 2.26. The third-order valence-electron chi connectivity index (χ3n) is 2.49. The van der Waals surface area contributed by atoms with E-state index in [1.807, 2.05) is 13.8 Å². The average Bonchev–Trinajstić information content (AvgIpc) is 2.57. The molecule has 0 spiro atoms. The molecule has 0 radical (unpaired) electrons. The van der Waals surface area contributed by atoms with Crippen LogP contribution in [0.25, 0.3) is 0 Å². The minimum absolute atomic E-state index is 0.153. The van der Waals surface area contributed by atoms with E-state index in [1.165, 1.54) is 0 Å². The quantitative estimate of drug-likeness (QED) is 0.714. The molecule has 2 aliphatic heterocycles. The van der Waals surface area contributed by atoms with E-state index in [-0.39, 0.29) is 6.61 Å². The molecule has 5 heteroatoms. The van der Waals surface area contributed by atoms with Crippen LogP contribution in [0.15, 0.2) is 20.0 Å². The predicted octanol–water partition coefficient (Wildman–Crippen LogP) is 0.831. The standard InChI is InChI=1S/C10H14N4O/c1-4-8-12-9-6(2)11-7(3)13-10(9,5-15)14-8/h15H,4-5H2,1-3H3. The Bertz CT molecular complexity index is 419. The van der Waals surface area contributed by atoms with Crippen LogP contribution in [-0.4, -0.2) is 40.5 Å². The highest BCUT2D eigenvalue weighted by Gasteiger charge is 2.42. The number of aliphatic hydroxyl groups is 1. The second kappa shape index (κ2) is 3.34. The maximum atomic E-state index is 9.45. The molecule has 80 valence electrons. The van der Waals surface area contributed by atoms with Gasteiger partial charge in [0.05, 0.1) is 12.3 Å². The Morgan fingerprint density at radius 3 is 2.53 bits per heavy atom. The van der Waals surface area contributed by atoms with Gasteiger partial charge in [0, 0.05) is 6.42 Å². The molecule has 0 saturated heterocycles. The summed E-state index contributed by atoms with van der Waals surface area (Å²) in [5.74, 6) is 1.37. The molecule has 0 aliphatic carbocycles. The van der Waals surface area contributed by atoms with Crippen LogP contribution in [0.4, 0.5) is 0 Å². The summed E-state index contributed by atoms with van der Waals surface area (Å²) in [7, 11) is 0. The lowest BCUT2D eigenvalue weighted by Crippen LogP contribution is -2.43. The first-order chi connectivity index (χ1) is 7.11.